The van der Waals surface area contributed by atoms with Gasteiger partial charge in [-0.05, 0) is 23.6 Å². The van der Waals surface area contributed by atoms with Gasteiger partial charge in [-0.25, -0.2) is 4.39 Å². The molecule has 4 nitrogen and oxygen atoms in total. The fourth-order valence-electron chi connectivity index (χ4n) is 2.19. The minimum absolute atomic E-state index is 0.132. The van der Waals surface area contributed by atoms with Crippen molar-refractivity contribution in [2.45, 2.75) is 6.04 Å². The maximum Gasteiger partial charge on any atom is 0.256 e. The summed E-state index contributed by atoms with van der Waals surface area (Å²) in [7, 11) is 0. The molecule has 1 aromatic heterocycles. The van der Waals surface area contributed by atoms with E-state index >= 15 is 0 Å². The molecule has 2 amide bonds. The molecule has 1 aliphatic heterocycles. The molecular formula is C15H13FN2O2S2. The van der Waals surface area contributed by atoms with Gasteiger partial charge in [-0.1, -0.05) is 12.1 Å². The number of halogens is 1. The van der Waals surface area contributed by atoms with Gasteiger partial charge >= 0.3 is 0 Å². The van der Waals surface area contributed by atoms with Crippen LogP contribution in [0.25, 0.3) is 0 Å². The SMILES string of the molecule is O=C(Nc1ccccc1F)[C@@H]1CSCN1C(=O)c1ccsc1. The van der Waals surface area contributed by atoms with E-state index in [1.54, 1.807) is 23.6 Å². The summed E-state index contributed by atoms with van der Waals surface area (Å²) in [5, 5.41) is 6.15. The van der Waals surface area contributed by atoms with E-state index < -0.39 is 11.9 Å². The Balaban J connectivity index is 1.74. The molecule has 7 heteroatoms. The molecule has 2 heterocycles. The van der Waals surface area contributed by atoms with Crippen molar-refractivity contribution in [3.05, 3.63) is 52.5 Å². The number of benzene rings is 1. The zero-order valence-corrected chi connectivity index (χ0v) is 13.1. The van der Waals surface area contributed by atoms with Crippen LogP contribution < -0.4 is 5.32 Å². The molecule has 1 aromatic carbocycles. The van der Waals surface area contributed by atoms with Crippen molar-refractivity contribution in [1.29, 1.82) is 0 Å². The van der Waals surface area contributed by atoms with Crippen molar-refractivity contribution in [1.82, 2.24) is 4.90 Å². The van der Waals surface area contributed by atoms with Crippen LogP contribution in [0.15, 0.2) is 41.1 Å². The van der Waals surface area contributed by atoms with E-state index in [9.17, 15) is 14.0 Å². The predicted octanol–water partition coefficient (Wildman–Crippen LogP) is 3.04. The number of para-hydroxylation sites is 1. The van der Waals surface area contributed by atoms with Crippen LogP contribution in [-0.2, 0) is 4.79 Å². The normalized spacial score (nSPS) is 17.5. The number of hydrogen-bond acceptors (Lipinski definition) is 4. The second kappa shape index (κ2) is 6.50. The Morgan fingerprint density at radius 3 is 2.82 bits per heavy atom. The molecule has 0 aliphatic carbocycles. The molecule has 22 heavy (non-hydrogen) atoms. The quantitative estimate of drug-likeness (QED) is 0.937. The average Bonchev–Trinajstić information content (AvgIpc) is 3.20. The second-order valence-electron chi connectivity index (χ2n) is 4.77. The lowest BCUT2D eigenvalue weighted by Gasteiger charge is -2.22. The average molecular weight is 336 g/mol. The summed E-state index contributed by atoms with van der Waals surface area (Å²) in [6.07, 6.45) is 0. The smallest absolute Gasteiger partial charge is 0.256 e. The molecule has 114 valence electrons. The summed E-state index contributed by atoms with van der Waals surface area (Å²) in [4.78, 5) is 26.3. The lowest BCUT2D eigenvalue weighted by molar-refractivity contribution is -0.119. The fraction of sp³-hybridized carbons (Fsp3) is 0.200. The van der Waals surface area contributed by atoms with E-state index in [4.69, 9.17) is 0 Å². The Morgan fingerprint density at radius 1 is 1.27 bits per heavy atom. The van der Waals surface area contributed by atoms with Gasteiger partial charge in [0.25, 0.3) is 5.91 Å². The number of carbonyl (C=O) groups is 2. The van der Waals surface area contributed by atoms with Gasteiger partial charge in [-0.3, -0.25) is 9.59 Å². The molecule has 3 rings (SSSR count). The first kappa shape index (κ1) is 15.1. The molecule has 0 unspecified atom stereocenters. The Kier molecular flexibility index (Phi) is 4.44. The van der Waals surface area contributed by atoms with Gasteiger partial charge in [-0.2, -0.15) is 11.3 Å². The number of rotatable bonds is 3. The van der Waals surface area contributed by atoms with Gasteiger partial charge in [0, 0.05) is 11.1 Å². The Morgan fingerprint density at radius 2 is 2.09 bits per heavy atom. The molecule has 0 bridgehead atoms. The van der Waals surface area contributed by atoms with Gasteiger partial charge in [0.05, 0.1) is 17.1 Å². The zero-order chi connectivity index (χ0) is 15.5. The number of hydrogen-bond donors (Lipinski definition) is 1. The van der Waals surface area contributed by atoms with E-state index in [-0.39, 0.29) is 17.5 Å². The highest BCUT2D eigenvalue weighted by molar-refractivity contribution is 7.99. The number of nitrogens with one attached hydrogen (secondary N) is 1. The van der Waals surface area contributed by atoms with Crippen LogP contribution in [0.1, 0.15) is 10.4 Å². The third-order valence-corrected chi connectivity index (χ3v) is 5.04. The predicted molar refractivity (Wildman–Crippen MR) is 86.6 cm³/mol. The highest BCUT2D eigenvalue weighted by atomic mass is 32.2. The molecule has 1 fully saturated rings. The van der Waals surface area contributed by atoms with Crippen molar-refractivity contribution < 1.29 is 14.0 Å². The Hall–Kier alpha value is -1.86. The lowest BCUT2D eigenvalue weighted by Crippen LogP contribution is -2.44. The molecule has 0 spiro atoms. The number of thioether (sulfide) groups is 1. The van der Waals surface area contributed by atoms with Gasteiger partial charge in [-0.15, -0.1) is 11.8 Å². The largest absolute Gasteiger partial charge is 0.322 e. The van der Waals surface area contributed by atoms with E-state index in [1.807, 2.05) is 5.38 Å². The molecule has 1 aliphatic rings. The van der Waals surface area contributed by atoms with E-state index in [1.165, 1.54) is 40.1 Å². The standard InChI is InChI=1S/C15H13FN2O2S2/c16-11-3-1-2-4-12(11)17-14(19)13-8-22-9-18(13)15(20)10-5-6-21-7-10/h1-7,13H,8-9H2,(H,17,19)/t13-/m0/s1. The molecule has 0 saturated carbocycles. The summed E-state index contributed by atoms with van der Waals surface area (Å²) in [5.74, 6) is -0.0453. The van der Waals surface area contributed by atoms with Crippen LogP contribution in [-0.4, -0.2) is 34.4 Å². The molecule has 1 atom stereocenters. The lowest BCUT2D eigenvalue weighted by atomic mass is 10.2. The fourth-order valence-corrected chi connectivity index (χ4v) is 3.97. The molecule has 1 saturated heterocycles. The van der Waals surface area contributed by atoms with Crippen LogP contribution in [0.2, 0.25) is 0 Å². The number of anilines is 1. The van der Waals surface area contributed by atoms with Crippen molar-refractivity contribution in [2.24, 2.45) is 0 Å². The highest BCUT2D eigenvalue weighted by Crippen LogP contribution is 2.25. The third-order valence-electron chi connectivity index (χ3n) is 3.35. The van der Waals surface area contributed by atoms with Crippen LogP contribution >= 0.6 is 23.1 Å². The summed E-state index contributed by atoms with van der Waals surface area (Å²) >= 11 is 2.95. The summed E-state index contributed by atoms with van der Waals surface area (Å²) < 4.78 is 13.6. The first-order valence-electron chi connectivity index (χ1n) is 6.63. The van der Waals surface area contributed by atoms with Gasteiger partial charge < -0.3 is 10.2 Å². The molecule has 1 N–H and O–H groups in total. The van der Waals surface area contributed by atoms with Gasteiger partial charge in [0.15, 0.2) is 0 Å². The van der Waals surface area contributed by atoms with Crippen LogP contribution in [0, 0.1) is 5.82 Å². The molecule has 2 aromatic rings. The van der Waals surface area contributed by atoms with Crippen molar-refractivity contribution in [2.75, 3.05) is 16.9 Å². The zero-order valence-electron chi connectivity index (χ0n) is 11.5. The van der Waals surface area contributed by atoms with E-state index in [2.05, 4.69) is 5.32 Å². The monoisotopic (exact) mass is 336 g/mol. The van der Waals surface area contributed by atoms with Gasteiger partial charge in [0.2, 0.25) is 5.91 Å². The minimum atomic E-state index is -0.586. The van der Waals surface area contributed by atoms with Crippen LogP contribution in [0.5, 0.6) is 0 Å². The maximum absolute atomic E-state index is 13.6. The van der Waals surface area contributed by atoms with E-state index in [0.29, 0.717) is 17.2 Å². The van der Waals surface area contributed by atoms with Crippen LogP contribution in [0.3, 0.4) is 0 Å². The Labute approximate surface area is 135 Å². The second-order valence-corrected chi connectivity index (χ2v) is 6.55. The topological polar surface area (TPSA) is 49.4 Å². The first-order chi connectivity index (χ1) is 10.7. The first-order valence-corrected chi connectivity index (χ1v) is 8.73. The van der Waals surface area contributed by atoms with Gasteiger partial charge in [0.1, 0.15) is 11.9 Å². The number of amides is 2. The number of nitrogens with zero attached hydrogens (tertiary/aromatic N) is 1. The molecule has 0 radical (unpaired) electrons. The van der Waals surface area contributed by atoms with Crippen molar-refractivity contribution in [3.63, 3.8) is 0 Å². The minimum Gasteiger partial charge on any atom is -0.322 e. The number of carbonyl (C=O) groups excluding carboxylic acids is 2. The van der Waals surface area contributed by atoms with Crippen molar-refractivity contribution in [3.8, 4) is 0 Å². The summed E-state index contributed by atoms with van der Waals surface area (Å²) in [5.41, 5.74) is 0.712. The highest BCUT2D eigenvalue weighted by Gasteiger charge is 2.35. The van der Waals surface area contributed by atoms with Crippen LogP contribution in [0.4, 0.5) is 10.1 Å². The maximum atomic E-state index is 13.6. The number of thiophene rings is 1. The van der Waals surface area contributed by atoms with E-state index in [0.717, 1.165) is 0 Å². The third kappa shape index (κ3) is 3.00. The Bertz CT molecular complexity index is 691. The van der Waals surface area contributed by atoms with Crippen molar-refractivity contribution >= 4 is 40.6 Å². The summed E-state index contributed by atoms with van der Waals surface area (Å²) in [6.45, 7) is 0. The molecular weight excluding hydrogens is 323 g/mol. The summed E-state index contributed by atoms with van der Waals surface area (Å²) in [6, 6.07) is 7.14.